The fourth-order valence-corrected chi connectivity index (χ4v) is 2.57. The number of amides is 1. The van der Waals surface area contributed by atoms with E-state index in [0.29, 0.717) is 10.7 Å². The molecule has 0 bridgehead atoms. The van der Waals surface area contributed by atoms with E-state index in [1.54, 1.807) is 39.0 Å². The molecule has 0 aromatic heterocycles. The third kappa shape index (κ3) is 4.35. The summed E-state index contributed by atoms with van der Waals surface area (Å²) in [6, 6.07) is 5.14. The van der Waals surface area contributed by atoms with Crippen LogP contribution in [0.15, 0.2) is 18.2 Å². The molecule has 6 heteroatoms. The normalized spacial score (nSPS) is 12.9. The Bertz CT molecular complexity index is 511. The lowest BCUT2D eigenvalue weighted by Crippen LogP contribution is -2.39. The molecule has 0 aliphatic carbocycles. The van der Waals surface area contributed by atoms with Gasteiger partial charge in [0.2, 0.25) is 5.91 Å². The average molecular weight is 396 g/mol. The molecule has 1 rings (SSSR count). The van der Waals surface area contributed by atoms with Gasteiger partial charge in [-0.2, -0.15) is 0 Å². The Morgan fingerprint density at radius 3 is 2.37 bits per heavy atom. The second-order valence-corrected chi connectivity index (χ2v) is 6.90. The van der Waals surface area contributed by atoms with Gasteiger partial charge in [-0.1, -0.05) is 32.4 Å². The third-order valence-electron chi connectivity index (χ3n) is 2.56. The number of benzene rings is 1. The molecular weight excluding hydrogens is 381 g/mol. The van der Waals surface area contributed by atoms with Crippen LogP contribution in [0, 0.1) is 14.9 Å². The summed E-state index contributed by atoms with van der Waals surface area (Å²) in [5.41, 5.74) is -0.256. The first-order chi connectivity index (χ1) is 8.62. The number of carbonyl (C=O) groups excluding carboxylic acids is 1. The van der Waals surface area contributed by atoms with Crippen LogP contribution in [-0.4, -0.2) is 17.0 Å². The Labute approximate surface area is 130 Å². The van der Waals surface area contributed by atoms with Crippen LogP contribution in [0.25, 0.3) is 0 Å². The van der Waals surface area contributed by atoms with Crippen LogP contribution >= 0.6 is 34.2 Å². The molecule has 0 aliphatic heterocycles. The number of halogens is 2. The van der Waals surface area contributed by atoms with E-state index in [9.17, 15) is 14.7 Å². The topological polar surface area (TPSA) is 66.4 Å². The summed E-state index contributed by atoms with van der Waals surface area (Å²) in [5.74, 6) is -2.85. The van der Waals surface area contributed by atoms with Crippen molar-refractivity contribution in [3.05, 3.63) is 26.8 Å². The number of aliphatic carboxylic acids is 1. The lowest BCUT2D eigenvalue weighted by molar-refractivity contribution is -0.149. The van der Waals surface area contributed by atoms with Gasteiger partial charge in [0.05, 0.1) is 10.7 Å². The summed E-state index contributed by atoms with van der Waals surface area (Å²) in [6.07, 6.45) is 0. The van der Waals surface area contributed by atoms with Gasteiger partial charge < -0.3 is 10.4 Å². The first-order valence-corrected chi connectivity index (χ1v) is 7.07. The number of carboxylic acid groups (broad SMARTS) is 1. The largest absolute Gasteiger partial charge is 0.481 e. The highest BCUT2D eigenvalue weighted by atomic mass is 127. The third-order valence-corrected chi connectivity index (χ3v) is 3.55. The van der Waals surface area contributed by atoms with Crippen LogP contribution in [0.2, 0.25) is 5.02 Å². The molecule has 1 unspecified atom stereocenters. The average Bonchev–Trinajstić information content (AvgIpc) is 2.19. The van der Waals surface area contributed by atoms with Crippen LogP contribution in [-0.2, 0) is 9.59 Å². The molecule has 0 aliphatic rings. The molecule has 0 heterocycles. The number of rotatable bonds is 3. The SMILES string of the molecule is CC(C)(C)C(C(=O)O)C(=O)Nc1ccc(I)cc1Cl. The van der Waals surface area contributed by atoms with Crippen molar-refractivity contribution in [1.82, 2.24) is 0 Å². The molecule has 0 saturated carbocycles. The zero-order chi connectivity index (χ0) is 14.8. The zero-order valence-corrected chi connectivity index (χ0v) is 13.7. The Morgan fingerprint density at radius 1 is 1.37 bits per heavy atom. The van der Waals surface area contributed by atoms with E-state index in [4.69, 9.17) is 11.6 Å². The maximum Gasteiger partial charge on any atom is 0.316 e. The van der Waals surface area contributed by atoms with Crippen LogP contribution < -0.4 is 5.32 Å². The highest BCUT2D eigenvalue weighted by molar-refractivity contribution is 14.1. The van der Waals surface area contributed by atoms with E-state index in [2.05, 4.69) is 27.9 Å². The molecule has 0 saturated heterocycles. The number of carboxylic acids is 1. The van der Waals surface area contributed by atoms with Gasteiger partial charge in [-0.25, -0.2) is 0 Å². The van der Waals surface area contributed by atoms with Crippen molar-refractivity contribution in [2.75, 3.05) is 5.32 Å². The number of anilines is 1. The standard InChI is InChI=1S/C13H15ClINO3/c1-13(2,3)10(12(18)19)11(17)16-9-5-4-7(15)6-8(9)14/h4-6,10H,1-3H3,(H,16,17)(H,18,19). The molecule has 104 valence electrons. The molecule has 1 amide bonds. The smallest absolute Gasteiger partial charge is 0.316 e. The van der Waals surface area contributed by atoms with Gasteiger partial charge in [0.1, 0.15) is 5.92 Å². The maximum absolute atomic E-state index is 12.1. The predicted molar refractivity (Wildman–Crippen MR) is 83.4 cm³/mol. The molecule has 0 radical (unpaired) electrons. The molecule has 1 atom stereocenters. The number of hydrogen-bond donors (Lipinski definition) is 2. The van der Waals surface area contributed by atoms with Crippen molar-refractivity contribution in [3.8, 4) is 0 Å². The molecule has 1 aromatic rings. The first kappa shape index (κ1) is 16.2. The van der Waals surface area contributed by atoms with Crippen molar-refractivity contribution in [3.63, 3.8) is 0 Å². The zero-order valence-electron chi connectivity index (χ0n) is 10.8. The number of hydrogen-bond acceptors (Lipinski definition) is 2. The summed E-state index contributed by atoms with van der Waals surface area (Å²) >= 11 is 8.11. The van der Waals surface area contributed by atoms with E-state index in [-0.39, 0.29) is 0 Å². The Kier molecular flexibility index (Phi) is 5.20. The summed E-state index contributed by atoms with van der Waals surface area (Å²) in [4.78, 5) is 23.3. The lowest BCUT2D eigenvalue weighted by Gasteiger charge is -2.26. The monoisotopic (exact) mass is 395 g/mol. The van der Waals surface area contributed by atoms with Gasteiger partial charge >= 0.3 is 5.97 Å². The molecule has 2 N–H and O–H groups in total. The van der Waals surface area contributed by atoms with E-state index in [1.165, 1.54) is 0 Å². The fourth-order valence-electron chi connectivity index (χ4n) is 1.67. The molecule has 0 fully saturated rings. The maximum atomic E-state index is 12.1. The minimum Gasteiger partial charge on any atom is -0.481 e. The second-order valence-electron chi connectivity index (χ2n) is 5.25. The van der Waals surface area contributed by atoms with Gasteiger partial charge in [0.25, 0.3) is 0 Å². The minimum absolute atomic E-state index is 0.387. The predicted octanol–water partition coefficient (Wildman–Crippen LogP) is 3.63. The van der Waals surface area contributed by atoms with Gasteiger partial charge in [0, 0.05) is 3.57 Å². The van der Waals surface area contributed by atoms with Crippen LogP contribution in [0.4, 0.5) is 5.69 Å². The molecule has 4 nitrogen and oxygen atoms in total. The van der Waals surface area contributed by atoms with Crippen LogP contribution in [0.5, 0.6) is 0 Å². The van der Waals surface area contributed by atoms with Gasteiger partial charge in [0.15, 0.2) is 0 Å². The van der Waals surface area contributed by atoms with Crippen molar-refractivity contribution >= 4 is 51.8 Å². The van der Waals surface area contributed by atoms with E-state index in [1.807, 2.05) is 0 Å². The number of carbonyl (C=O) groups is 2. The molecule has 0 spiro atoms. The second kappa shape index (κ2) is 6.09. The van der Waals surface area contributed by atoms with Crippen molar-refractivity contribution in [2.24, 2.45) is 11.3 Å². The lowest BCUT2D eigenvalue weighted by atomic mass is 9.80. The van der Waals surface area contributed by atoms with E-state index < -0.39 is 23.2 Å². The minimum atomic E-state index is -1.15. The fraction of sp³-hybridized carbons (Fsp3) is 0.385. The van der Waals surface area contributed by atoms with E-state index in [0.717, 1.165) is 3.57 Å². The summed E-state index contributed by atoms with van der Waals surface area (Å²) < 4.78 is 0.936. The van der Waals surface area contributed by atoms with Gasteiger partial charge in [-0.05, 0) is 46.2 Å². The summed E-state index contributed by atoms with van der Waals surface area (Å²) in [5, 5.41) is 12.1. The number of nitrogens with one attached hydrogen (secondary N) is 1. The molecule has 19 heavy (non-hydrogen) atoms. The van der Waals surface area contributed by atoms with Gasteiger partial charge in [-0.15, -0.1) is 0 Å². The van der Waals surface area contributed by atoms with Crippen molar-refractivity contribution in [2.45, 2.75) is 20.8 Å². The summed E-state index contributed by atoms with van der Waals surface area (Å²) in [6.45, 7) is 5.13. The Morgan fingerprint density at radius 2 is 1.95 bits per heavy atom. The van der Waals surface area contributed by atoms with Crippen LogP contribution in [0.1, 0.15) is 20.8 Å². The molecular formula is C13H15ClINO3. The van der Waals surface area contributed by atoms with E-state index >= 15 is 0 Å². The Hall–Kier alpha value is -0.820. The summed E-state index contributed by atoms with van der Waals surface area (Å²) in [7, 11) is 0. The quantitative estimate of drug-likeness (QED) is 0.607. The Balaban J connectivity index is 2.97. The highest BCUT2D eigenvalue weighted by Crippen LogP contribution is 2.29. The van der Waals surface area contributed by atoms with Crippen molar-refractivity contribution in [1.29, 1.82) is 0 Å². The van der Waals surface area contributed by atoms with Crippen LogP contribution in [0.3, 0.4) is 0 Å². The highest BCUT2D eigenvalue weighted by Gasteiger charge is 2.37. The van der Waals surface area contributed by atoms with Crippen molar-refractivity contribution < 1.29 is 14.7 Å². The first-order valence-electron chi connectivity index (χ1n) is 5.61. The molecule has 1 aromatic carbocycles. The van der Waals surface area contributed by atoms with Gasteiger partial charge in [-0.3, -0.25) is 9.59 Å².